The Labute approximate surface area is 73.9 Å². The predicted octanol–water partition coefficient (Wildman–Crippen LogP) is -0.211. The molecule has 0 saturated carbocycles. The molecule has 0 radical (unpaired) electrons. The summed E-state index contributed by atoms with van der Waals surface area (Å²) in [5.74, 6) is 0.584. The molecule has 6 heteroatoms. The Morgan fingerprint density at radius 3 is 2.92 bits per heavy atom. The van der Waals surface area contributed by atoms with Gasteiger partial charge in [0.25, 0.3) is 12.3 Å². The fraction of sp³-hybridized carbons (Fsp3) is 0.286. The number of imidazole rings is 1. The second-order valence-corrected chi connectivity index (χ2v) is 2.38. The van der Waals surface area contributed by atoms with Crippen LogP contribution < -0.4 is 14.5 Å². The van der Waals surface area contributed by atoms with Crippen LogP contribution in [0, 0.1) is 0 Å². The van der Waals surface area contributed by atoms with Gasteiger partial charge in [-0.15, -0.1) is 0 Å². The number of hydrogen-bond acceptors (Lipinski definition) is 4. The molecule has 0 amide bonds. The summed E-state index contributed by atoms with van der Waals surface area (Å²) in [6.07, 6.45) is 1.52. The van der Waals surface area contributed by atoms with Crippen molar-refractivity contribution in [1.29, 1.82) is 0 Å². The van der Waals surface area contributed by atoms with Gasteiger partial charge in [-0.05, 0) is 4.98 Å². The van der Waals surface area contributed by atoms with Crippen molar-refractivity contribution in [2.75, 3.05) is 14.2 Å². The van der Waals surface area contributed by atoms with E-state index in [4.69, 9.17) is 9.47 Å². The van der Waals surface area contributed by atoms with Crippen molar-refractivity contribution in [2.45, 2.75) is 0 Å². The number of methoxy groups -OCH3 is 2. The summed E-state index contributed by atoms with van der Waals surface area (Å²) >= 11 is 0. The molecule has 0 fully saturated rings. The molecule has 6 nitrogen and oxygen atoms in total. The molecule has 0 aromatic carbocycles. The molecule has 0 aliphatic rings. The molecule has 2 heterocycles. The van der Waals surface area contributed by atoms with Gasteiger partial charge in [0.2, 0.25) is 5.52 Å². The molecular weight excluding hydrogens is 172 g/mol. The van der Waals surface area contributed by atoms with Crippen LogP contribution in [0.1, 0.15) is 0 Å². The first-order chi connectivity index (χ1) is 6.35. The standard InChI is InChI=1S/C7H8N4O2/c1-12-6-4-5(8-3-9-6)11-7(10-4)13-2/h3H,1-2H3,(H,8,9,10,11)/p+1. The first kappa shape index (κ1) is 7.78. The lowest BCUT2D eigenvalue weighted by Gasteiger charge is -1.91. The van der Waals surface area contributed by atoms with Crippen molar-refractivity contribution in [3.8, 4) is 11.9 Å². The summed E-state index contributed by atoms with van der Waals surface area (Å²) < 4.78 is 9.99. The number of nitrogens with zero attached hydrogens (tertiary/aromatic N) is 2. The smallest absolute Gasteiger partial charge is 0.312 e. The predicted molar refractivity (Wildman–Crippen MR) is 43.5 cm³/mol. The molecule has 0 spiro atoms. The van der Waals surface area contributed by atoms with Crippen LogP contribution in [0.5, 0.6) is 11.9 Å². The van der Waals surface area contributed by atoms with E-state index in [1.807, 2.05) is 0 Å². The minimum atomic E-state index is 0.417. The van der Waals surface area contributed by atoms with Crippen LogP contribution in [0.4, 0.5) is 0 Å². The first-order valence-corrected chi connectivity index (χ1v) is 3.69. The van der Waals surface area contributed by atoms with Crippen molar-refractivity contribution in [3.63, 3.8) is 0 Å². The van der Waals surface area contributed by atoms with E-state index in [2.05, 4.69) is 19.9 Å². The highest BCUT2D eigenvalue weighted by atomic mass is 16.5. The monoisotopic (exact) mass is 181 g/mol. The molecule has 0 saturated heterocycles. The Morgan fingerprint density at radius 1 is 1.38 bits per heavy atom. The van der Waals surface area contributed by atoms with Gasteiger partial charge in [0.05, 0.1) is 14.2 Å². The summed E-state index contributed by atoms with van der Waals surface area (Å²) in [6.45, 7) is 0. The van der Waals surface area contributed by atoms with Gasteiger partial charge in [-0.2, -0.15) is 4.98 Å². The van der Waals surface area contributed by atoms with Crippen molar-refractivity contribution in [2.24, 2.45) is 0 Å². The molecule has 0 bridgehead atoms. The van der Waals surface area contributed by atoms with Crippen molar-refractivity contribution in [3.05, 3.63) is 6.33 Å². The van der Waals surface area contributed by atoms with Gasteiger partial charge in [-0.1, -0.05) is 0 Å². The maximum atomic E-state index is 5.06. The Kier molecular flexibility index (Phi) is 1.73. The van der Waals surface area contributed by atoms with Gasteiger partial charge < -0.3 is 9.47 Å². The quantitative estimate of drug-likeness (QED) is 0.695. The minimum absolute atomic E-state index is 0.417. The summed E-state index contributed by atoms with van der Waals surface area (Å²) in [5, 5.41) is 0. The van der Waals surface area contributed by atoms with Crippen LogP contribution in [0.3, 0.4) is 0 Å². The van der Waals surface area contributed by atoms with E-state index in [1.54, 1.807) is 7.11 Å². The lowest BCUT2D eigenvalue weighted by Crippen LogP contribution is -2.08. The molecule has 2 aromatic rings. The average Bonchev–Trinajstić information content (AvgIpc) is 2.59. The molecule has 0 aliphatic heterocycles. The van der Waals surface area contributed by atoms with Gasteiger partial charge in [-0.25, -0.2) is 4.98 Å². The van der Waals surface area contributed by atoms with E-state index in [1.165, 1.54) is 13.4 Å². The zero-order chi connectivity index (χ0) is 9.26. The fourth-order valence-corrected chi connectivity index (χ4v) is 1.08. The fourth-order valence-electron chi connectivity index (χ4n) is 1.08. The third-order valence-electron chi connectivity index (χ3n) is 1.67. The summed E-state index contributed by atoms with van der Waals surface area (Å²) in [5.41, 5.74) is 1.26. The second kappa shape index (κ2) is 2.89. The Hall–Kier alpha value is -1.85. The third kappa shape index (κ3) is 1.16. The van der Waals surface area contributed by atoms with Crippen LogP contribution in [-0.4, -0.2) is 29.2 Å². The topological polar surface area (TPSA) is 74.2 Å². The maximum absolute atomic E-state index is 5.06. The van der Waals surface area contributed by atoms with Gasteiger partial charge in [0.15, 0.2) is 0 Å². The van der Waals surface area contributed by atoms with Crippen LogP contribution in [0.15, 0.2) is 6.33 Å². The summed E-state index contributed by atoms with van der Waals surface area (Å²) in [6, 6.07) is 0.417. The van der Waals surface area contributed by atoms with Crippen molar-refractivity contribution in [1.82, 2.24) is 15.0 Å². The Morgan fingerprint density at radius 2 is 2.23 bits per heavy atom. The molecule has 2 N–H and O–H groups in total. The van der Waals surface area contributed by atoms with E-state index in [9.17, 15) is 0 Å². The molecule has 2 aromatic heterocycles. The van der Waals surface area contributed by atoms with E-state index in [0.717, 1.165) is 0 Å². The van der Waals surface area contributed by atoms with Gasteiger partial charge in [0, 0.05) is 0 Å². The minimum Gasteiger partial charge on any atom is -0.468 e. The average molecular weight is 181 g/mol. The van der Waals surface area contributed by atoms with Gasteiger partial charge in [0.1, 0.15) is 0 Å². The number of fused-ring (bicyclic) bond motifs is 1. The Balaban J connectivity index is 2.67. The molecular formula is C7H9N4O2+. The molecule has 0 unspecified atom stereocenters. The molecule has 0 aliphatic carbocycles. The number of rotatable bonds is 2. The van der Waals surface area contributed by atoms with Crippen LogP contribution in [-0.2, 0) is 0 Å². The summed E-state index contributed by atoms with van der Waals surface area (Å²) in [4.78, 5) is 13.8. The van der Waals surface area contributed by atoms with Gasteiger partial charge in [-0.3, -0.25) is 4.98 Å². The van der Waals surface area contributed by atoms with Crippen molar-refractivity contribution >= 4 is 11.2 Å². The van der Waals surface area contributed by atoms with Crippen LogP contribution >= 0.6 is 0 Å². The molecule has 68 valence electrons. The maximum Gasteiger partial charge on any atom is 0.312 e. The number of aromatic amines is 2. The lowest BCUT2D eigenvalue weighted by molar-refractivity contribution is -0.395. The number of H-pyrrole nitrogens is 2. The first-order valence-electron chi connectivity index (χ1n) is 3.69. The number of nitrogens with one attached hydrogen (secondary N) is 2. The van der Waals surface area contributed by atoms with E-state index >= 15 is 0 Å². The second-order valence-electron chi connectivity index (χ2n) is 2.38. The Bertz CT molecular complexity index is 425. The van der Waals surface area contributed by atoms with E-state index < -0.39 is 0 Å². The number of hydrogen-bond donors (Lipinski definition) is 1. The zero-order valence-corrected chi connectivity index (χ0v) is 7.29. The highest BCUT2D eigenvalue weighted by Gasteiger charge is 2.14. The van der Waals surface area contributed by atoms with E-state index in [-0.39, 0.29) is 0 Å². The number of aromatic nitrogens is 4. The van der Waals surface area contributed by atoms with E-state index in [0.29, 0.717) is 23.1 Å². The lowest BCUT2D eigenvalue weighted by atomic mass is 10.5. The third-order valence-corrected chi connectivity index (χ3v) is 1.67. The zero-order valence-electron chi connectivity index (χ0n) is 7.29. The number of ether oxygens (including phenoxy) is 2. The highest BCUT2D eigenvalue weighted by Crippen LogP contribution is 2.18. The van der Waals surface area contributed by atoms with Crippen LogP contribution in [0.25, 0.3) is 11.2 Å². The van der Waals surface area contributed by atoms with Crippen LogP contribution in [0.2, 0.25) is 0 Å². The molecule has 0 atom stereocenters. The summed E-state index contributed by atoms with van der Waals surface area (Å²) in [7, 11) is 3.10. The van der Waals surface area contributed by atoms with Crippen molar-refractivity contribution < 1.29 is 14.5 Å². The molecule has 2 rings (SSSR count). The van der Waals surface area contributed by atoms with Gasteiger partial charge >= 0.3 is 11.5 Å². The molecule has 13 heavy (non-hydrogen) atoms. The SMILES string of the molecule is COc1nc2nc[nH+]c(OC)c2[nH]1. The highest BCUT2D eigenvalue weighted by molar-refractivity contribution is 5.74. The normalized spacial score (nSPS) is 10.3. The largest absolute Gasteiger partial charge is 0.468 e.